The molecular formula is C14H25NO6. The third kappa shape index (κ3) is 5.61. The topological polar surface area (TPSA) is 94.1 Å². The minimum Gasteiger partial charge on any atom is -0.479 e. The molecule has 1 aliphatic rings. The number of rotatable bonds is 8. The van der Waals surface area contributed by atoms with Gasteiger partial charge in [0.05, 0.1) is 19.3 Å². The number of hydrogen-bond donors (Lipinski definition) is 2. The summed E-state index contributed by atoms with van der Waals surface area (Å²) in [5.41, 5.74) is -1.47. The van der Waals surface area contributed by atoms with E-state index in [4.69, 9.17) is 14.2 Å². The van der Waals surface area contributed by atoms with Crippen LogP contribution in [0.5, 0.6) is 0 Å². The average Bonchev–Trinajstić information content (AvgIpc) is 2.45. The van der Waals surface area contributed by atoms with E-state index in [-0.39, 0.29) is 12.7 Å². The van der Waals surface area contributed by atoms with Gasteiger partial charge in [-0.2, -0.15) is 0 Å². The highest BCUT2D eigenvalue weighted by Gasteiger charge is 2.36. The Morgan fingerprint density at radius 3 is 2.71 bits per heavy atom. The van der Waals surface area contributed by atoms with Crippen molar-refractivity contribution in [3.63, 3.8) is 0 Å². The third-order valence-corrected chi connectivity index (χ3v) is 3.48. The molecule has 1 saturated heterocycles. The summed E-state index contributed by atoms with van der Waals surface area (Å²) in [5, 5.41) is 11.6. The summed E-state index contributed by atoms with van der Waals surface area (Å²) in [6.07, 6.45) is 2.34. The van der Waals surface area contributed by atoms with E-state index in [1.165, 1.54) is 14.0 Å². The second-order valence-electron chi connectivity index (χ2n) is 5.52. The predicted molar refractivity (Wildman–Crippen MR) is 75.1 cm³/mol. The summed E-state index contributed by atoms with van der Waals surface area (Å²) in [6, 6.07) is 0. The highest BCUT2D eigenvalue weighted by molar-refractivity contribution is 5.88. The van der Waals surface area contributed by atoms with Gasteiger partial charge in [-0.05, 0) is 33.1 Å². The van der Waals surface area contributed by atoms with Gasteiger partial charge in [-0.25, -0.2) is 4.79 Å². The maximum atomic E-state index is 12.0. The van der Waals surface area contributed by atoms with Gasteiger partial charge in [0.15, 0.2) is 5.54 Å². The molecule has 0 radical (unpaired) electrons. The van der Waals surface area contributed by atoms with Crippen molar-refractivity contribution in [2.24, 2.45) is 0 Å². The Kier molecular flexibility index (Phi) is 7.07. The largest absolute Gasteiger partial charge is 0.479 e. The van der Waals surface area contributed by atoms with Crippen molar-refractivity contribution < 1.29 is 28.9 Å². The standard InChI is InChI=1S/C14H25NO6/c1-10(21-8-11-6-4-5-7-20-11)12(16)15-14(2,9-19-3)13(17)18/h10-11H,4-9H2,1-3H3,(H,15,16)(H,17,18). The molecule has 1 heterocycles. The summed E-state index contributed by atoms with van der Waals surface area (Å²) in [4.78, 5) is 23.2. The quantitative estimate of drug-likeness (QED) is 0.681. The van der Waals surface area contributed by atoms with Crippen molar-refractivity contribution in [1.82, 2.24) is 5.32 Å². The van der Waals surface area contributed by atoms with E-state index in [2.05, 4.69) is 5.32 Å². The van der Waals surface area contributed by atoms with Crippen LogP contribution in [0.3, 0.4) is 0 Å². The van der Waals surface area contributed by atoms with Gasteiger partial charge in [0.25, 0.3) is 0 Å². The number of hydrogen-bond acceptors (Lipinski definition) is 5. The molecule has 0 bridgehead atoms. The molecule has 7 nitrogen and oxygen atoms in total. The number of carboxylic acids is 1. The molecule has 3 unspecified atom stereocenters. The van der Waals surface area contributed by atoms with Crippen LogP contribution in [-0.2, 0) is 23.8 Å². The van der Waals surface area contributed by atoms with Crippen LogP contribution >= 0.6 is 0 Å². The molecule has 122 valence electrons. The summed E-state index contributed by atoms with van der Waals surface area (Å²) in [5.74, 6) is -1.63. The first kappa shape index (κ1) is 17.9. The third-order valence-electron chi connectivity index (χ3n) is 3.48. The summed E-state index contributed by atoms with van der Waals surface area (Å²) >= 11 is 0. The van der Waals surface area contributed by atoms with E-state index in [9.17, 15) is 14.7 Å². The van der Waals surface area contributed by atoms with Gasteiger partial charge in [-0.3, -0.25) is 4.79 Å². The van der Waals surface area contributed by atoms with Gasteiger partial charge in [-0.15, -0.1) is 0 Å². The number of methoxy groups -OCH3 is 1. The lowest BCUT2D eigenvalue weighted by atomic mass is 10.0. The van der Waals surface area contributed by atoms with Crippen LogP contribution in [0.2, 0.25) is 0 Å². The predicted octanol–water partition coefficient (Wildman–Crippen LogP) is 0.567. The molecule has 7 heteroatoms. The fraction of sp³-hybridized carbons (Fsp3) is 0.857. The first-order valence-corrected chi connectivity index (χ1v) is 7.16. The minimum atomic E-state index is -1.47. The zero-order valence-corrected chi connectivity index (χ0v) is 12.9. The molecule has 1 fully saturated rings. The Balaban J connectivity index is 2.43. The van der Waals surface area contributed by atoms with Crippen LogP contribution in [0.25, 0.3) is 0 Å². The highest BCUT2D eigenvalue weighted by atomic mass is 16.5. The Bertz CT molecular complexity index is 355. The first-order chi connectivity index (χ1) is 9.89. The second-order valence-corrected chi connectivity index (χ2v) is 5.52. The monoisotopic (exact) mass is 303 g/mol. The van der Waals surface area contributed by atoms with E-state index in [0.717, 1.165) is 25.9 Å². The molecular weight excluding hydrogens is 278 g/mol. The molecule has 1 aliphatic heterocycles. The Labute approximate surface area is 124 Å². The molecule has 0 spiro atoms. The molecule has 3 atom stereocenters. The van der Waals surface area contributed by atoms with E-state index in [0.29, 0.717) is 6.61 Å². The number of ether oxygens (including phenoxy) is 3. The number of carboxylic acid groups (broad SMARTS) is 1. The van der Waals surface area contributed by atoms with Crippen molar-refractivity contribution in [3.05, 3.63) is 0 Å². The van der Waals surface area contributed by atoms with Crippen LogP contribution in [-0.4, -0.2) is 61.7 Å². The number of amides is 1. The van der Waals surface area contributed by atoms with Gasteiger partial charge in [0.1, 0.15) is 6.10 Å². The van der Waals surface area contributed by atoms with E-state index in [1.54, 1.807) is 6.92 Å². The lowest BCUT2D eigenvalue weighted by Gasteiger charge is -2.28. The second kappa shape index (κ2) is 8.31. The maximum absolute atomic E-state index is 12.0. The number of nitrogens with one attached hydrogen (secondary N) is 1. The van der Waals surface area contributed by atoms with E-state index < -0.39 is 23.5 Å². The van der Waals surface area contributed by atoms with Gasteiger partial charge in [0, 0.05) is 13.7 Å². The summed E-state index contributed by atoms with van der Waals surface area (Å²) in [7, 11) is 1.38. The Morgan fingerprint density at radius 2 is 2.19 bits per heavy atom. The zero-order chi connectivity index (χ0) is 15.9. The number of carbonyl (C=O) groups excluding carboxylic acids is 1. The minimum absolute atomic E-state index is 0.0128. The van der Waals surface area contributed by atoms with Gasteiger partial charge in [-0.1, -0.05) is 0 Å². The molecule has 0 aliphatic carbocycles. The molecule has 0 aromatic carbocycles. The molecule has 1 amide bonds. The highest BCUT2D eigenvalue weighted by Crippen LogP contribution is 2.13. The lowest BCUT2D eigenvalue weighted by molar-refractivity contribution is -0.152. The fourth-order valence-electron chi connectivity index (χ4n) is 2.08. The lowest BCUT2D eigenvalue weighted by Crippen LogP contribution is -2.57. The normalized spacial score (nSPS) is 23.1. The molecule has 1 rings (SSSR count). The van der Waals surface area contributed by atoms with Crippen LogP contribution in [0.4, 0.5) is 0 Å². The van der Waals surface area contributed by atoms with Crippen molar-refractivity contribution in [2.75, 3.05) is 26.9 Å². The number of carbonyl (C=O) groups is 2. The van der Waals surface area contributed by atoms with Gasteiger partial charge < -0.3 is 24.6 Å². The average molecular weight is 303 g/mol. The van der Waals surface area contributed by atoms with Crippen LogP contribution in [0.1, 0.15) is 33.1 Å². The molecule has 0 aromatic heterocycles. The van der Waals surface area contributed by atoms with Crippen LogP contribution < -0.4 is 5.32 Å². The van der Waals surface area contributed by atoms with Crippen molar-refractivity contribution in [1.29, 1.82) is 0 Å². The SMILES string of the molecule is COCC(C)(NC(=O)C(C)OCC1CCCCO1)C(=O)O. The van der Waals surface area contributed by atoms with Crippen molar-refractivity contribution in [3.8, 4) is 0 Å². The Hall–Kier alpha value is -1.18. The zero-order valence-electron chi connectivity index (χ0n) is 12.9. The van der Waals surface area contributed by atoms with E-state index >= 15 is 0 Å². The number of aliphatic carboxylic acids is 1. The van der Waals surface area contributed by atoms with Crippen molar-refractivity contribution in [2.45, 2.75) is 50.9 Å². The van der Waals surface area contributed by atoms with Gasteiger partial charge in [0.2, 0.25) is 5.91 Å². The first-order valence-electron chi connectivity index (χ1n) is 7.16. The Morgan fingerprint density at radius 1 is 1.48 bits per heavy atom. The molecule has 0 aromatic rings. The smallest absolute Gasteiger partial charge is 0.331 e. The molecule has 2 N–H and O–H groups in total. The fourth-order valence-corrected chi connectivity index (χ4v) is 2.08. The maximum Gasteiger partial charge on any atom is 0.331 e. The van der Waals surface area contributed by atoms with E-state index in [1.807, 2.05) is 0 Å². The van der Waals surface area contributed by atoms with Crippen LogP contribution in [0.15, 0.2) is 0 Å². The van der Waals surface area contributed by atoms with Crippen molar-refractivity contribution >= 4 is 11.9 Å². The van der Waals surface area contributed by atoms with Crippen LogP contribution in [0, 0.1) is 0 Å². The summed E-state index contributed by atoms with van der Waals surface area (Å²) in [6.45, 7) is 3.93. The van der Waals surface area contributed by atoms with Gasteiger partial charge >= 0.3 is 5.97 Å². The molecule has 21 heavy (non-hydrogen) atoms. The molecule has 0 saturated carbocycles. The summed E-state index contributed by atoms with van der Waals surface area (Å²) < 4.78 is 15.8.